The molecule has 0 aromatic rings. The number of hydrogen-bond acceptors (Lipinski definition) is 3. The van der Waals surface area contributed by atoms with E-state index in [4.69, 9.17) is 0 Å². The van der Waals surface area contributed by atoms with Crippen LogP contribution in [0.15, 0.2) is 0 Å². The summed E-state index contributed by atoms with van der Waals surface area (Å²) in [7, 11) is 2.22. The van der Waals surface area contributed by atoms with Gasteiger partial charge in [0.15, 0.2) is 0 Å². The highest BCUT2D eigenvalue weighted by Crippen LogP contribution is 2.13. The minimum Gasteiger partial charge on any atom is -0.316 e. The average molecular weight is 197 g/mol. The van der Waals surface area contributed by atoms with Crippen molar-refractivity contribution in [3.8, 4) is 0 Å². The Labute approximate surface area is 87.4 Å². The van der Waals surface area contributed by atoms with E-state index in [0.717, 1.165) is 5.92 Å². The number of rotatable bonds is 3. The fourth-order valence-electron chi connectivity index (χ4n) is 2.40. The Morgan fingerprint density at radius 2 is 2.00 bits per heavy atom. The van der Waals surface area contributed by atoms with Crippen LogP contribution in [0.4, 0.5) is 0 Å². The van der Waals surface area contributed by atoms with Gasteiger partial charge in [-0.05, 0) is 45.4 Å². The van der Waals surface area contributed by atoms with E-state index in [9.17, 15) is 0 Å². The minimum atomic E-state index is 0.953. The van der Waals surface area contributed by atoms with E-state index in [1.807, 2.05) is 0 Å². The molecular formula is C11H23N3. The number of nitrogens with one attached hydrogen (secondary N) is 1. The molecule has 1 atom stereocenters. The van der Waals surface area contributed by atoms with Gasteiger partial charge in [-0.3, -0.25) is 0 Å². The smallest absolute Gasteiger partial charge is 0.0110 e. The van der Waals surface area contributed by atoms with Crippen LogP contribution in [-0.4, -0.2) is 62.7 Å². The molecule has 0 aromatic heterocycles. The summed E-state index contributed by atoms with van der Waals surface area (Å²) in [5, 5.41) is 3.44. The Morgan fingerprint density at radius 3 is 2.64 bits per heavy atom. The molecule has 0 radical (unpaired) electrons. The highest BCUT2D eigenvalue weighted by atomic mass is 15.2. The lowest BCUT2D eigenvalue weighted by atomic mass is 10.0. The Morgan fingerprint density at radius 1 is 1.21 bits per heavy atom. The van der Waals surface area contributed by atoms with Crippen molar-refractivity contribution in [2.45, 2.75) is 12.8 Å². The lowest BCUT2D eigenvalue weighted by Crippen LogP contribution is -2.45. The summed E-state index contributed by atoms with van der Waals surface area (Å²) in [5.74, 6) is 0.953. The molecule has 2 heterocycles. The molecule has 0 bridgehead atoms. The molecule has 2 aliphatic heterocycles. The Kier molecular flexibility index (Phi) is 3.79. The van der Waals surface area contributed by atoms with Crippen LogP contribution >= 0.6 is 0 Å². The highest BCUT2D eigenvalue weighted by Gasteiger charge is 2.17. The zero-order chi connectivity index (χ0) is 9.80. The van der Waals surface area contributed by atoms with Gasteiger partial charge in [-0.2, -0.15) is 0 Å². The van der Waals surface area contributed by atoms with Crippen molar-refractivity contribution >= 4 is 0 Å². The van der Waals surface area contributed by atoms with Crippen LogP contribution in [0.3, 0.4) is 0 Å². The molecule has 3 heteroatoms. The molecule has 82 valence electrons. The van der Waals surface area contributed by atoms with Crippen LogP contribution in [0.25, 0.3) is 0 Å². The third-order valence-corrected chi connectivity index (χ3v) is 3.61. The van der Waals surface area contributed by atoms with E-state index >= 15 is 0 Å². The van der Waals surface area contributed by atoms with Gasteiger partial charge >= 0.3 is 0 Å². The van der Waals surface area contributed by atoms with Crippen LogP contribution in [0.2, 0.25) is 0 Å². The average Bonchev–Trinajstić information content (AvgIpc) is 2.70. The summed E-state index contributed by atoms with van der Waals surface area (Å²) in [6.45, 7) is 8.88. The molecule has 14 heavy (non-hydrogen) atoms. The van der Waals surface area contributed by atoms with E-state index in [-0.39, 0.29) is 0 Å². The molecule has 0 spiro atoms. The predicted octanol–water partition coefficient (Wildman–Crippen LogP) is 0.233. The van der Waals surface area contributed by atoms with Crippen molar-refractivity contribution in [2.75, 3.05) is 52.9 Å². The number of likely N-dealkylation sites (N-methyl/N-ethyl adjacent to an activating group) is 1. The minimum absolute atomic E-state index is 0.953. The van der Waals surface area contributed by atoms with Crippen molar-refractivity contribution in [3.05, 3.63) is 0 Å². The van der Waals surface area contributed by atoms with Crippen LogP contribution < -0.4 is 5.32 Å². The van der Waals surface area contributed by atoms with Crippen LogP contribution in [0.1, 0.15) is 12.8 Å². The second kappa shape index (κ2) is 5.10. The van der Waals surface area contributed by atoms with Crippen molar-refractivity contribution in [1.82, 2.24) is 15.1 Å². The van der Waals surface area contributed by atoms with Crippen molar-refractivity contribution in [2.24, 2.45) is 5.92 Å². The van der Waals surface area contributed by atoms with Crippen LogP contribution in [0, 0.1) is 5.92 Å². The Bertz CT molecular complexity index is 158. The number of piperazine rings is 1. The van der Waals surface area contributed by atoms with Gasteiger partial charge in [0, 0.05) is 26.2 Å². The maximum atomic E-state index is 3.44. The zero-order valence-corrected chi connectivity index (χ0v) is 9.34. The molecule has 2 saturated heterocycles. The number of nitrogens with zero attached hydrogens (tertiary/aromatic N) is 2. The molecule has 1 N–H and O–H groups in total. The maximum Gasteiger partial charge on any atom is 0.0110 e. The third-order valence-electron chi connectivity index (χ3n) is 3.61. The first kappa shape index (κ1) is 10.4. The maximum absolute atomic E-state index is 3.44. The van der Waals surface area contributed by atoms with E-state index in [1.54, 1.807) is 0 Å². The van der Waals surface area contributed by atoms with Crippen molar-refractivity contribution in [3.63, 3.8) is 0 Å². The zero-order valence-electron chi connectivity index (χ0n) is 9.34. The molecule has 0 saturated carbocycles. The van der Waals surface area contributed by atoms with Gasteiger partial charge in [0.2, 0.25) is 0 Å². The van der Waals surface area contributed by atoms with Gasteiger partial charge < -0.3 is 15.1 Å². The van der Waals surface area contributed by atoms with Gasteiger partial charge in [-0.15, -0.1) is 0 Å². The van der Waals surface area contributed by atoms with E-state index in [0.29, 0.717) is 0 Å². The lowest BCUT2D eigenvalue weighted by Gasteiger charge is -2.32. The van der Waals surface area contributed by atoms with Crippen molar-refractivity contribution in [1.29, 1.82) is 0 Å². The first-order valence-electron chi connectivity index (χ1n) is 5.96. The number of hydrogen-bond donors (Lipinski definition) is 1. The first-order valence-corrected chi connectivity index (χ1v) is 5.96. The summed E-state index contributed by atoms with van der Waals surface area (Å²) in [4.78, 5) is 5.05. The summed E-state index contributed by atoms with van der Waals surface area (Å²) in [6, 6.07) is 0. The monoisotopic (exact) mass is 197 g/mol. The predicted molar refractivity (Wildman–Crippen MR) is 59.5 cm³/mol. The normalized spacial score (nSPS) is 31.1. The first-order chi connectivity index (χ1) is 6.84. The summed E-state index contributed by atoms with van der Waals surface area (Å²) >= 11 is 0. The second-order valence-corrected chi connectivity index (χ2v) is 4.79. The van der Waals surface area contributed by atoms with Gasteiger partial charge in [0.25, 0.3) is 0 Å². The Hall–Kier alpha value is -0.120. The van der Waals surface area contributed by atoms with E-state index < -0.39 is 0 Å². The standard InChI is InChI=1S/C11H23N3/c1-13-6-8-14(9-7-13)5-3-11-2-4-12-10-11/h11-12H,2-10H2,1H3. The fourth-order valence-corrected chi connectivity index (χ4v) is 2.40. The largest absolute Gasteiger partial charge is 0.316 e. The molecular weight excluding hydrogens is 174 g/mol. The quantitative estimate of drug-likeness (QED) is 0.699. The fraction of sp³-hybridized carbons (Fsp3) is 1.00. The second-order valence-electron chi connectivity index (χ2n) is 4.79. The molecule has 3 nitrogen and oxygen atoms in total. The molecule has 0 amide bonds. The molecule has 2 fully saturated rings. The van der Waals surface area contributed by atoms with Gasteiger partial charge in [-0.1, -0.05) is 0 Å². The topological polar surface area (TPSA) is 18.5 Å². The summed E-state index contributed by atoms with van der Waals surface area (Å²) in [6.07, 6.45) is 2.80. The Balaban J connectivity index is 1.60. The van der Waals surface area contributed by atoms with Crippen molar-refractivity contribution < 1.29 is 0 Å². The molecule has 2 rings (SSSR count). The van der Waals surface area contributed by atoms with Gasteiger partial charge in [0.05, 0.1) is 0 Å². The molecule has 0 aliphatic carbocycles. The summed E-state index contributed by atoms with van der Waals surface area (Å²) < 4.78 is 0. The summed E-state index contributed by atoms with van der Waals surface area (Å²) in [5.41, 5.74) is 0. The van der Waals surface area contributed by atoms with Crippen LogP contribution in [0.5, 0.6) is 0 Å². The SMILES string of the molecule is CN1CCN(CCC2CCNC2)CC1. The molecule has 2 aliphatic rings. The van der Waals surface area contributed by atoms with Gasteiger partial charge in [-0.25, -0.2) is 0 Å². The molecule has 0 aromatic carbocycles. The lowest BCUT2D eigenvalue weighted by molar-refractivity contribution is 0.147. The third kappa shape index (κ3) is 2.94. The highest BCUT2D eigenvalue weighted by molar-refractivity contribution is 4.75. The molecule has 1 unspecified atom stereocenters. The van der Waals surface area contributed by atoms with Crippen LogP contribution in [-0.2, 0) is 0 Å². The van der Waals surface area contributed by atoms with E-state index in [2.05, 4.69) is 22.2 Å². The van der Waals surface area contributed by atoms with E-state index in [1.165, 1.54) is 58.7 Å². The van der Waals surface area contributed by atoms with Gasteiger partial charge in [0.1, 0.15) is 0 Å².